The third-order valence-corrected chi connectivity index (χ3v) is 4.17. The third kappa shape index (κ3) is 4.10. The van der Waals surface area contributed by atoms with E-state index in [9.17, 15) is 14.9 Å². The number of likely N-dealkylation sites (N-methyl/N-ethyl adjacent to an activating group) is 1. The minimum absolute atomic E-state index is 0.0465. The molecule has 0 atom stereocenters. The van der Waals surface area contributed by atoms with Crippen LogP contribution in [0.4, 0.5) is 17.2 Å². The Morgan fingerprint density at radius 3 is 2.36 bits per heavy atom. The van der Waals surface area contributed by atoms with Crippen LogP contribution in [0.3, 0.4) is 0 Å². The van der Waals surface area contributed by atoms with Crippen molar-refractivity contribution in [2.75, 3.05) is 43.4 Å². The molecule has 0 radical (unpaired) electrons. The van der Waals surface area contributed by atoms with Crippen molar-refractivity contribution in [2.24, 2.45) is 0 Å². The number of nitrogens with one attached hydrogen (secondary N) is 1. The summed E-state index contributed by atoms with van der Waals surface area (Å²) in [5.41, 5.74) is 0.893. The van der Waals surface area contributed by atoms with Gasteiger partial charge in [0.2, 0.25) is 0 Å². The van der Waals surface area contributed by atoms with E-state index >= 15 is 0 Å². The maximum atomic E-state index is 12.2. The van der Waals surface area contributed by atoms with Crippen molar-refractivity contribution in [3.05, 3.63) is 58.3 Å². The van der Waals surface area contributed by atoms with Gasteiger partial charge in [-0.15, -0.1) is 0 Å². The zero-order chi connectivity index (χ0) is 17.8. The molecule has 0 aliphatic carbocycles. The number of benzene rings is 1. The van der Waals surface area contributed by atoms with Gasteiger partial charge in [-0.3, -0.25) is 14.9 Å². The molecule has 2 aromatic rings. The maximum Gasteiger partial charge on any atom is 0.269 e. The van der Waals surface area contributed by atoms with Gasteiger partial charge >= 0.3 is 0 Å². The van der Waals surface area contributed by atoms with Crippen LogP contribution in [0.15, 0.2) is 42.6 Å². The average Bonchev–Trinajstić information content (AvgIpc) is 2.63. The molecule has 0 unspecified atom stereocenters. The van der Waals surface area contributed by atoms with E-state index in [1.54, 1.807) is 6.20 Å². The zero-order valence-corrected chi connectivity index (χ0v) is 13.9. The van der Waals surface area contributed by atoms with E-state index in [1.165, 1.54) is 24.3 Å². The molecule has 0 saturated carbocycles. The topological polar surface area (TPSA) is 91.6 Å². The molecule has 8 nitrogen and oxygen atoms in total. The fourth-order valence-corrected chi connectivity index (χ4v) is 2.62. The van der Waals surface area contributed by atoms with Gasteiger partial charge in [0.25, 0.3) is 11.6 Å². The summed E-state index contributed by atoms with van der Waals surface area (Å²) in [4.78, 5) is 31.2. The molecule has 1 aliphatic rings. The van der Waals surface area contributed by atoms with Gasteiger partial charge in [0.1, 0.15) is 5.82 Å². The van der Waals surface area contributed by atoms with Crippen LogP contribution in [0.5, 0.6) is 0 Å². The molecule has 1 aromatic heterocycles. The fraction of sp³-hybridized carbons (Fsp3) is 0.294. The van der Waals surface area contributed by atoms with E-state index in [2.05, 4.69) is 27.1 Å². The van der Waals surface area contributed by atoms with Crippen molar-refractivity contribution in [3.63, 3.8) is 0 Å². The highest BCUT2D eigenvalue weighted by Gasteiger charge is 2.15. The molecule has 1 aliphatic heterocycles. The van der Waals surface area contributed by atoms with Crippen LogP contribution in [0.2, 0.25) is 0 Å². The lowest BCUT2D eigenvalue weighted by atomic mass is 10.2. The predicted molar refractivity (Wildman–Crippen MR) is 95.0 cm³/mol. The van der Waals surface area contributed by atoms with Crippen LogP contribution in [-0.4, -0.2) is 53.9 Å². The molecular formula is C17H19N5O3. The number of carbonyl (C=O) groups is 1. The second-order valence-electron chi connectivity index (χ2n) is 5.95. The molecule has 1 amide bonds. The van der Waals surface area contributed by atoms with Crippen LogP contribution >= 0.6 is 0 Å². The van der Waals surface area contributed by atoms with Crippen molar-refractivity contribution >= 4 is 23.1 Å². The normalized spacial score (nSPS) is 15.0. The average molecular weight is 341 g/mol. The summed E-state index contributed by atoms with van der Waals surface area (Å²) >= 11 is 0. The Balaban J connectivity index is 1.62. The van der Waals surface area contributed by atoms with Crippen LogP contribution in [0, 0.1) is 10.1 Å². The zero-order valence-electron chi connectivity index (χ0n) is 13.9. The lowest BCUT2D eigenvalue weighted by Crippen LogP contribution is -2.44. The number of nitrogens with zero attached hydrogens (tertiary/aromatic N) is 4. The Labute approximate surface area is 145 Å². The van der Waals surface area contributed by atoms with Crippen molar-refractivity contribution in [3.8, 4) is 0 Å². The number of amides is 1. The number of anilines is 2. The van der Waals surface area contributed by atoms with Gasteiger partial charge in [-0.05, 0) is 31.3 Å². The summed E-state index contributed by atoms with van der Waals surface area (Å²) in [5, 5.41) is 13.4. The highest BCUT2D eigenvalue weighted by Crippen LogP contribution is 2.17. The Kier molecular flexibility index (Phi) is 4.90. The summed E-state index contributed by atoms with van der Waals surface area (Å²) in [7, 11) is 2.10. The second kappa shape index (κ2) is 7.27. The molecule has 0 bridgehead atoms. The molecule has 1 aromatic carbocycles. The first-order valence-corrected chi connectivity index (χ1v) is 7.98. The minimum Gasteiger partial charge on any atom is -0.354 e. The van der Waals surface area contributed by atoms with Gasteiger partial charge in [0.15, 0.2) is 0 Å². The molecule has 1 N–H and O–H groups in total. The number of hydrogen-bond donors (Lipinski definition) is 1. The smallest absolute Gasteiger partial charge is 0.269 e. The van der Waals surface area contributed by atoms with E-state index in [0.717, 1.165) is 32.0 Å². The van der Waals surface area contributed by atoms with Gasteiger partial charge in [0.05, 0.1) is 16.8 Å². The van der Waals surface area contributed by atoms with Gasteiger partial charge in [-0.2, -0.15) is 0 Å². The molecule has 25 heavy (non-hydrogen) atoms. The SMILES string of the molecule is CN1CCN(c2ccc(NC(=O)c3ccc([N+](=O)[O-])cc3)cn2)CC1. The van der Waals surface area contributed by atoms with Gasteiger partial charge in [-0.1, -0.05) is 0 Å². The largest absolute Gasteiger partial charge is 0.354 e. The van der Waals surface area contributed by atoms with E-state index < -0.39 is 4.92 Å². The number of nitro benzene ring substituents is 1. The van der Waals surface area contributed by atoms with Crippen LogP contribution < -0.4 is 10.2 Å². The van der Waals surface area contributed by atoms with Crippen molar-refractivity contribution < 1.29 is 9.72 Å². The maximum absolute atomic E-state index is 12.2. The Bertz CT molecular complexity index is 753. The summed E-state index contributed by atoms with van der Waals surface area (Å²) < 4.78 is 0. The Morgan fingerprint density at radius 2 is 1.80 bits per heavy atom. The molecule has 3 rings (SSSR count). The van der Waals surface area contributed by atoms with Gasteiger partial charge in [-0.25, -0.2) is 4.98 Å². The van der Waals surface area contributed by atoms with E-state index in [4.69, 9.17) is 0 Å². The van der Waals surface area contributed by atoms with E-state index in [-0.39, 0.29) is 11.6 Å². The molecule has 0 spiro atoms. The number of aromatic nitrogens is 1. The first-order valence-electron chi connectivity index (χ1n) is 7.98. The van der Waals surface area contributed by atoms with E-state index in [0.29, 0.717) is 11.3 Å². The van der Waals surface area contributed by atoms with Crippen molar-refractivity contribution in [1.29, 1.82) is 0 Å². The number of non-ortho nitro benzene ring substituents is 1. The van der Waals surface area contributed by atoms with Crippen LogP contribution in [-0.2, 0) is 0 Å². The predicted octanol–water partition coefficient (Wildman–Crippen LogP) is 1.99. The summed E-state index contributed by atoms with van der Waals surface area (Å²) in [6.45, 7) is 3.86. The first-order chi connectivity index (χ1) is 12.0. The lowest BCUT2D eigenvalue weighted by molar-refractivity contribution is -0.384. The molecule has 130 valence electrons. The fourth-order valence-electron chi connectivity index (χ4n) is 2.62. The molecule has 1 saturated heterocycles. The Morgan fingerprint density at radius 1 is 1.12 bits per heavy atom. The number of pyridine rings is 1. The van der Waals surface area contributed by atoms with Crippen molar-refractivity contribution in [1.82, 2.24) is 9.88 Å². The second-order valence-corrected chi connectivity index (χ2v) is 5.95. The quantitative estimate of drug-likeness (QED) is 0.675. The van der Waals surface area contributed by atoms with Crippen LogP contribution in [0.1, 0.15) is 10.4 Å². The van der Waals surface area contributed by atoms with Crippen LogP contribution in [0.25, 0.3) is 0 Å². The summed E-state index contributed by atoms with van der Waals surface area (Å²) in [6, 6.07) is 9.17. The first kappa shape index (κ1) is 16.8. The number of piperazine rings is 1. The number of nitro groups is 1. The highest BCUT2D eigenvalue weighted by molar-refractivity contribution is 6.04. The van der Waals surface area contributed by atoms with Gasteiger partial charge in [0, 0.05) is 43.9 Å². The molecule has 2 heterocycles. The van der Waals surface area contributed by atoms with Crippen molar-refractivity contribution in [2.45, 2.75) is 0 Å². The van der Waals surface area contributed by atoms with E-state index in [1.807, 2.05) is 12.1 Å². The monoisotopic (exact) mass is 341 g/mol. The summed E-state index contributed by atoms with van der Waals surface area (Å²) in [5.74, 6) is 0.561. The third-order valence-electron chi connectivity index (χ3n) is 4.17. The number of hydrogen-bond acceptors (Lipinski definition) is 6. The minimum atomic E-state index is -0.497. The molecule has 1 fully saturated rings. The molecule has 8 heteroatoms. The number of carbonyl (C=O) groups excluding carboxylic acids is 1. The standard InChI is InChI=1S/C17H19N5O3/c1-20-8-10-21(11-9-20)16-7-4-14(12-18-16)19-17(23)13-2-5-15(6-3-13)22(24)25/h2-7,12H,8-11H2,1H3,(H,19,23). The highest BCUT2D eigenvalue weighted by atomic mass is 16.6. The molecular weight excluding hydrogens is 322 g/mol. The van der Waals surface area contributed by atoms with Gasteiger partial charge < -0.3 is 15.1 Å². The lowest BCUT2D eigenvalue weighted by Gasteiger charge is -2.33. The Hall–Kier alpha value is -3.00. The summed E-state index contributed by atoms with van der Waals surface area (Å²) in [6.07, 6.45) is 1.62. The number of rotatable bonds is 4.